The Morgan fingerprint density at radius 1 is 1.21 bits per heavy atom. The van der Waals surface area contributed by atoms with Crippen LogP contribution in [0.5, 0.6) is 0 Å². The van der Waals surface area contributed by atoms with Crippen LogP contribution in [0.15, 0.2) is 48.5 Å². The second-order valence-corrected chi connectivity index (χ2v) is 4.33. The van der Waals surface area contributed by atoms with Crippen LogP contribution in [0.1, 0.15) is 5.56 Å². The van der Waals surface area contributed by atoms with Crippen LogP contribution in [0.4, 0.5) is 4.39 Å². The molecule has 1 atom stereocenters. The Labute approximate surface area is 110 Å². The summed E-state index contributed by atoms with van der Waals surface area (Å²) in [7, 11) is 0. The first-order chi connectivity index (χ1) is 9.08. The highest BCUT2D eigenvalue weighted by atomic mass is 19.1. The first kappa shape index (κ1) is 13.2. The Morgan fingerprint density at radius 3 is 2.63 bits per heavy atom. The van der Waals surface area contributed by atoms with E-state index in [-0.39, 0.29) is 12.2 Å². The highest BCUT2D eigenvalue weighted by molar-refractivity contribution is 5.73. The normalized spacial score (nSPS) is 12.1. The molecule has 0 aliphatic rings. The predicted molar refractivity (Wildman–Crippen MR) is 71.2 cm³/mol. The van der Waals surface area contributed by atoms with E-state index < -0.39 is 12.0 Å². The van der Waals surface area contributed by atoms with Gasteiger partial charge in [0, 0.05) is 5.56 Å². The topological polar surface area (TPSA) is 63.3 Å². The van der Waals surface area contributed by atoms with Crippen molar-refractivity contribution in [2.24, 2.45) is 5.73 Å². The molecule has 0 aromatic heterocycles. The number of halogens is 1. The summed E-state index contributed by atoms with van der Waals surface area (Å²) in [5.74, 6) is -1.35. The lowest BCUT2D eigenvalue weighted by Gasteiger charge is -2.09. The second kappa shape index (κ2) is 5.63. The van der Waals surface area contributed by atoms with Crippen LogP contribution in [0, 0.1) is 5.82 Å². The molecule has 98 valence electrons. The minimum atomic E-state index is -1.05. The zero-order valence-corrected chi connectivity index (χ0v) is 10.2. The van der Waals surface area contributed by atoms with E-state index in [4.69, 9.17) is 10.8 Å². The summed E-state index contributed by atoms with van der Waals surface area (Å²) in [5.41, 5.74) is 7.48. The average Bonchev–Trinajstić information content (AvgIpc) is 2.39. The van der Waals surface area contributed by atoms with Gasteiger partial charge in [0.1, 0.15) is 11.9 Å². The van der Waals surface area contributed by atoms with Gasteiger partial charge >= 0.3 is 5.97 Å². The molecule has 0 aliphatic heterocycles. The maximum absolute atomic E-state index is 13.7. The number of carboxylic acid groups (broad SMARTS) is 1. The molecule has 0 heterocycles. The van der Waals surface area contributed by atoms with Crippen molar-refractivity contribution >= 4 is 5.97 Å². The molecule has 3 N–H and O–H groups in total. The number of carbonyl (C=O) groups is 1. The lowest BCUT2D eigenvalue weighted by atomic mass is 9.99. The Balaban J connectivity index is 2.30. The third kappa shape index (κ3) is 3.17. The van der Waals surface area contributed by atoms with Crippen molar-refractivity contribution in [3.63, 3.8) is 0 Å². The van der Waals surface area contributed by atoms with E-state index in [1.807, 2.05) is 0 Å². The van der Waals surface area contributed by atoms with Crippen molar-refractivity contribution in [3.8, 4) is 11.1 Å². The number of rotatable bonds is 4. The zero-order valence-electron chi connectivity index (χ0n) is 10.2. The third-order valence-electron chi connectivity index (χ3n) is 2.88. The first-order valence-electron chi connectivity index (χ1n) is 5.90. The fraction of sp³-hybridized carbons (Fsp3) is 0.133. The van der Waals surface area contributed by atoms with Gasteiger partial charge in [-0.1, -0.05) is 42.5 Å². The molecule has 0 spiro atoms. The summed E-state index contributed by atoms with van der Waals surface area (Å²) in [5, 5.41) is 8.79. The third-order valence-corrected chi connectivity index (χ3v) is 2.88. The van der Waals surface area contributed by atoms with Gasteiger partial charge < -0.3 is 10.8 Å². The maximum Gasteiger partial charge on any atom is 0.320 e. The molecule has 3 nitrogen and oxygen atoms in total. The van der Waals surface area contributed by atoms with Crippen LogP contribution in [0.3, 0.4) is 0 Å². The molecule has 0 radical (unpaired) electrons. The number of hydrogen-bond donors (Lipinski definition) is 2. The van der Waals surface area contributed by atoms with Gasteiger partial charge in [-0.15, -0.1) is 0 Å². The van der Waals surface area contributed by atoms with Crippen molar-refractivity contribution in [3.05, 3.63) is 59.9 Å². The SMILES string of the molecule is NC(Cc1cccc(-c2ccccc2F)c1)C(=O)O. The fourth-order valence-corrected chi connectivity index (χ4v) is 1.90. The molecule has 2 aromatic carbocycles. The van der Waals surface area contributed by atoms with Crippen molar-refractivity contribution in [1.82, 2.24) is 0 Å². The van der Waals surface area contributed by atoms with Crippen molar-refractivity contribution in [2.45, 2.75) is 12.5 Å². The van der Waals surface area contributed by atoms with Gasteiger partial charge in [-0.3, -0.25) is 4.79 Å². The number of benzene rings is 2. The molecule has 4 heteroatoms. The van der Waals surface area contributed by atoms with Gasteiger partial charge in [0.05, 0.1) is 0 Å². The largest absolute Gasteiger partial charge is 0.480 e. The highest BCUT2D eigenvalue weighted by Crippen LogP contribution is 2.23. The van der Waals surface area contributed by atoms with E-state index in [0.29, 0.717) is 11.1 Å². The predicted octanol–water partition coefficient (Wildman–Crippen LogP) is 2.45. The summed E-state index contributed by atoms with van der Waals surface area (Å²) in [6.45, 7) is 0. The molecule has 0 fully saturated rings. The van der Waals surface area contributed by atoms with Crippen LogP contribution >= 0.6 is 0 Å². The Hall–Kier alpha value is -2.20. The van der Waals surface area contributed by atoms with Crippen LogP contribution in [0.2, 0.25) is 0 Å². The minimum Gasteiger partial charge on any atom is -0.480 e. The Kier molecular flexibility index (Phi) is 3.92. The van der Waals surface area contributed by atoms with Crippen molar-refractivity contribution in [1.29, 1.82) is 0 Å². The number of hydrogen-bond acceptors (Lipinski definition) is 2. The second-order valence-electron chi connectivity index (χ2n) is 4.33. The van der Waals surface area contributed by atoms with E-state index in [1.54, 1.807) is 42.5 Å². The molecule has 19 heavy (non-hydrogen) atoms. The van der Waals surface area contributed by atoms with E-state index >= 15 is 0 Å². The van der Waals surface area contributed by atoms with Gasteiger partial charge in [0.25, 0.3) is 0 Å². The van der Waals surface area contributed by atoms with Gasteiger partial charge in [0.15, 0.2) is 0 Å². The molecular weight excluding hydrogens is 245 g/mol. The monoisotopic (exact) mass is 259 g/mol. The molecule has 0 amide bonds. The summed E-state index contributed by atoms with van der Waals surface area (Å²) < 4.78 is 13.7. The molecule has 0 saturated heterocycles. The van der Waals surface area contributed by atoms with Crippen molar-refractivity contribution in [2.75, 3.05) is 0 Å². The van der Waals surface area contributed by atoms with Gasteiger partial charge in [-0.25, -0.2) is 4.39 Å². The summed E-state index contributed by atoms with van der Waals surface area (Å²) >= 11 is 0. The highest BCUT2D eigenvalue weighted by Gasteiger charge is 2.12. The van der Waals surface area contributed by atoms with Crippen molar-refractivity contribution < 1.29 is 14.3 Å². The van der Waals surface area contributed by atoms with Crippen LogP contribution < -0.4 is 5.73 Å². The van der Waals surface area contributed by atoms with E-state index in [0.717, 1.165) is 5.56 Å². The molecular formula is C15H14FNO2. The molecule has 0 saturated carbocycles. The van der Waals surface area contributed by atoms with Crippen LogP contribution in [0.25, 0.3) is 11.1 Å². The van der Waals surface area contributed by atoms with E-state index in [2.05, 4.69) is 0 Å². The average molecular weight is 259 g/mol. The van der Waals surface area contributed by atoms with Gasteiger partial charge in [-0.2, -0.15) is 0 Å². The Bertz CT molecular complexity index is 598. The smallest absolute Gasteiger partial charge is 0.320 e. The van der Waals surface area contributed by atoms with Gasteiger partial charge in [0.2, 0.25) is 0 Å². The standard InChI is InChI=1S/C15H14FNO2/c16-13-7-2-1-6-12(13)11-5-3-4-10(8-11)9-14(17)15(18)19/h1-8,14H,9,17H2,(H,18,19). The Morgan fingerprint density at radius 2 is 1.95 bits per heavy atom. The molecule has 1 unspecified atom stereocenters. The minimum absolute atomic E-state index is 0.220. The fourth-order valence-electron chi connectivity index (χ4n) is 1.90. The number of aliphatic carboxylic acids is 1. The molecule has 2 aromatic rings. The van der Waals surface area contributed by atoms with Gasteiger partial charge in [-0.05, 0) is 23.6 Å². The summed E-state index contributed by atoms with van der Waals surface area (Å²) in [4.78, 5) is 10.7. The zero-order chi connectivity index (χ0) is 13.8. The number of nitrogens with two attached hydrogens (primary N) is 1. The number of carboxylic acids is 1. The summed E-state index contributed by atoms with van der Waals surface area (Å²) in [6, 6.07) is 12.6. The molecule has 0 bridgehead atoms. The maximum atomic E-state index is 13.7. The lowest BCUT2D eigenvalue weighted by molar-refractivity contribution is -0.138. The van der Waals surface area contributed by atoms with Crippen LogP contribution in [-0.4, -0.2) is 17.1 Å². The first-order valence-corrected chi connectivity index (χ1v) is 5.90. The summed E-state index contributed by atoms with van der Waals surface area (Å²) in [6.07, 6.45) is 0.220. The van der Waals surface area contributed by atoms with Crippen LogP contribution in [-0.2, 0) is 11.2 Å². The van der Waals surface area contributed by atoms with E-state index in [1.165, 1.54) is 6.07 Å². The molecule has 2 rings (SSSR count). The molecule has 0 aliphatic carbocycles. The van der Waals surface area contributed by atoms with E-state index in [9.17, 15) is 9.18 Å². The quantitative estimate of drug-likeness (QED) is 0.886. The lowest BCUT2D eigenvalue weighted by Crippen LogP contribution is -2.32.